The van der Waals surface area contributed by atoms with E-state index in [0.29, 0.717) is 26.3 Å². The van der Waals surface area contributed by atoms with E-state index < -0.39 is 41.6 Å². The lowest BCUT2D eigenvalue weighted by atomic mass is 10.1. The number of nitrogens with zero attached hydrogens (tertiary/aromatic N) is 2. The minimum Gasteiger partial charge on any atom is -0.379 e. The summed E-state index contributed by atoms with van der Waals surface area (Å²) in [5.41, 5.74) is 1.04. The van der Waals surface area contributed by atoms with Crippen LogP contribution in [0.1, 0.15) is 5.56 Å². The fourth-order valence-electron chi connectivity index (χ4n) is 3.37. The monoisotopic (exact) mass is 465 g/mol. The topological polar surface area (TPSA) is 68.9 Å². The summed E-state index contributed by atoms with van der Waals surface area (Å²) < 4.78 is 60.0. The van der Waals surface area contributed by atoms with Crippen molar-refractivity contribution >= 4 is 27.5 Å². The van der Waals surface area contributed by atoms with Gasteiger partial charge in [-0.15, -0.1) is 0 Å². The van der Waals surface area contributed by atoms with E-state index in [0.717, 1.165) is 17.1 Å². The lowest BCUT2D eigenvalue weighted by molar-refractivity contribution is -0.137. The molecule has 7 nitrogen and oxygen atoms in total. The van der Waals surface area contributed by atoms with Gasteiger partial charge in [0.1, 0.15) is 24.0 Å². The Balaban J connectivity index is 1.62. The Labute approximate surface area is 165 Å². The smallest absolute Gasteiger partial charge is 0.379 e. The fourth-order valence-corrected chi connectivity index (χ4v) is 3.80. The van der Waals surface area contributed by atoms with Crippen molar-refractivity contribution < 1.29 is 27.1 Å². The maximum absolute atomic E-state index is 14.5. The Morgan fingerprint density at radius 1 is 1.21 bits per heavy atom. The number of halogens is 5. The largest absolute Gasteiger partial charge is 0.418 e. The third-order valence-electron chi connectivity index (χ3n) is 4.69. The van der Waals surface area contributed by atoms with Crippen LogP contribution in [-0.4, -0.2) is 49.6 Å². The summed E-state index contributed by atoms with van der Waals surface area (Å²) in [4.78, 5) is 14.4. The lowest BCUT2D eigenvalue weighted by Crippen LogP contribution is -2.68. The molecule has 12 heteroatoms. The maximum Gasteiger partial charge on any atom is 0.418 e. The van der Waals surface area contributed by atoms with Crippen molar-refractivity contribution in [2.75, 3.05) is 31.3 Å². The number of morpholine rings is 1. The second-order valence-corrected chi connectivity index (χ2v) is 7.40. The number of alkyl halides is 3. The van der Waals surface area contributed by atoms with Gasteiger partial charge in [-0.3, -0.25) is 20.0 Å². The van der Waals surface area contributed by atoms with Crippen molar-refractivity contribution in [2.45, 2.75) is 18.6 Å². The van der Waals surface area contributed by atoms with Crippen molar-refractivity contribution in [3.8, 4) is 0 Å². The van der Waals surface area contributed by atoms with Gasteiger partial charge in [-0.05, 0) is 12.1 Å². The SMILES string of the molecule is O=C1NC(N2CCOCC2)NC2NN(c3c(F)cc(Br)cc3C(F)(F)F)C=C12. The van der Waals surface area contributed by atoms with Gasteiger partial charge in [0.2, 0.25) is 0 Å². The number of amides is 1. The van der Waals surface area contributed by atoms with Crippen LogP contribution in [0, 0.1) is 5.82 Å². The molecule has 1 aromatic carbocycles. The molecule has 0 saturated carbocycles. The first-order valence-electron chi connectivity index (χ1n) is 8.46. The Bertz CT molecular complexity index is 828. The van der Waals surface area contributed by atoms with Gasteiger partial charge in [-0.25, -0.2) is 9.82 Å². The number of carbonyl (C=O) groups is 1. The molecule has 1 amide bonds. The molecule has 1 aromatic rings. The highest BCUT2D eigenvalue weighted by atomic mass is 79.9. The van der Waals surface area contributed by atoms with Gasteiger partial charge in [-0.1, -0.05) is 15.9 Å². The molecule has 2 unspecified atom stereocenters. The Hall–Kier alpha value is -1.73. The molecule has 2 atom stereocenters. The molecule has 28 heavy (non-hydrogen) atoms. The zero-order valence-corrected chi connectivity index (χ0v) is 15.9. The Kier molecular flexibility index (Phi) is 5.08. The van der Waals surface area contributed by atoms with Crippen LogP contribution < -0.4 is 21.1 Å². The van der Waals surface area contributed by atoms with Crippen LogP contribution in [0.25, 0.3) is 0 Å². The van der Waals surface area contributed by atoms with E-state index in [2.05, 4.69) is 32.0 Å². The van der Waals surface area contributed by atoms with E-state index in [1.807, 2.05) is 4.90 Å². The fraction of sp³-hybridized carbons (Fsp3) is 0.438. The zero-order chi connectivity index (χ0) is 20.1. The highest BCUT2D eigenvalue weighted by Gasteiger charge is 2.42. The summed E-state index contributed by atoms with van der Waals surface area (Å²) in [6.45, 7) is 2.21. The molecule has 0 aromatic heterocycles. The number of nitrogens with one attached hydrogen (secondary N) is 3. The number of rotatable bonds is 2. The summed E-state index contributed by atoms with van der Waals surface area (Å²) >= 11 is 2.88. The number of hydrogen-bond donors (Lipinski definition) is 3. The van der Waals surface area contributed by atoms with Gasteiger partial charge in [0.05, 0.1) is 24.4 Å². The molecule has 2 fully saturated rings. The molecule has 3 N–H and O–H groups in total. The number of anilines is 1. The minimum atomic E-state index is -4.78. The molecule has 3 heterocycles. The summed E-state index contributed by atoms with van der Waals surface area (Å²) in [6.07, 6.45) is -4.88. The standard InChI is InChI=1S/C16H16BrF4N5O2/c17-8-5-10(16(19,20)21)12(11(18)6-8)26-7-9-13(24-26)22-15(23-14(9)27)25-1-3-28-4-2-25/h5-7,13,15,22,24H,1-4H2,(H,23,27). The zero-order valence-electron chi connectivity index (χ0n) is 14.3. The molecule has 0 bridgehead atoms. The molecular formula is C16H16BrF4N5O2. The van der Waals surface area contributed by atoms with Gasteiger partial charge < -0.3 is 10.1 Å². The number of benzene rings is 1. The van der Waals surface area contributed by atoms with Crippen LogP contribution in [0.5, 0.6) is 0 Å². The van der Waals surface area contributed by atoms with Crippen molar-refractivity contribution in [1.29, 1.82) is 0 Å². The average molecular weight is 466 g/mol. The number of hydrogen-bond acceptors (Lipinski definition) is 6. The Morgan fingerprint density at radius 2 is 1.93 bits per heavy atom. The summed E-state index contributed by atoms with van der Waals surface area (Å²) in [5, 5.41) is 6.77. The van der Waals surface area contributed by atoms with Crippen LogP contribution >= 0.6 is 15.9 Å². The summed E-state index contributed by atoms with van der Waals surface area (Å²) in [6, 6.07) is 1.74. The molecule has 0 spiro atoms. The number of ether oxygens (including phenoxy) is 1. The minimum absolute atomic E-state index is 0.0337. The highest BCUT2D eigenvalue weighted by molar-refractivity contribution is 9.10. The first-order valence-corrected chi connectivity index (χ1v) is 9.25. The molecule has 152 valence electrons. The van der Waals surface area contributed by atoms with E-state index in [1.54, 1.807) is 0 Å². The summed E-state index contributed by atoms with van der Waals surface area (Å²) in [5.74, 6) is -1.52. The predicted octanol–water partition coefficient (Wildman–Crippen LogP) is 1.48. The first-order chi connectivity index (χ1) is 13.2. The molecule has 3 aliphatic heterocycles. The summed E-state index contributed by atoms with van der Waals surface area (Å²) in [7, 11) is 0. The lowest BCUT2D eigenvalue weighted by Gasteiger charge is -2.40. The molecule has 0 aliphatic carbocycles. The molecule has 2 saturated heterocycles. The van der Waals surface area contributed by atoms with Crippen molar-refractivity contribution in [3.63, 3.8) is 0 Å². The quantitative estimate of drug-likeness (QED) is 0.574. The van der Waals surface area contributed by atoms with Crippen LogP contribution in [0.4, 0.5) is 23.2 Å². The van der Waals surface area contributed by atoms with Gasteiger partial charge in [0.15, 0.2) is 0 Å². The number of hydrazine groups is 1. The van der Waals surface area contributed by atoms with E-state index in [4.69, 9.17) is 4.74 Å². The van der Waals surface area contributed by atoms with Crippen LogP contribution in [0.15, 0.2) is 28.4 Å². The second kappa shape index (κ2) is 7.26. The van der Waals surface area contributed by atoms with Gasteiger partial charge >= 0.3 is 6.18 Å². The number of carbonyl (C=O) groups excluding carboxylic acids is 1. The van der Waals surface area contributed by atoms with E-state index in [9.17, 15) is 22.4 Å². The van der Waals surface area contributed by atoms with Crippen molar-refractivity contribution in [1.82, 2.24) is 21.0 Å². The third-order valence-corrected chi connectivity index (χ3v) is 5.15. The van der Waals surface area contributed by atoms with Gasteiger partial charge in [-0.2, -0.15) is 13.2 Å². The first kappa shape index (κ1) is 19.6. The van der Waals surface area contributed by atoms with Crippen LogP contribution in [-0.2, 0) is 15.7 Å². The van der Waals surface area contributed by atoms with Crippen LogP contribution in [0.2, 0.25) is 0 Å². The molecule has 3 aliphatic rings. The second-order valence-electron chi connectivity index (χ2n) is 6.49. The number of fused-ring (bicyclic) bond motifs is 1. The normalized spacial score (nSPS) is 26.1. The maximum atomic E-state index is 14.5. The highest BCUT2D eigenvalue weighted by Crippen LogP contribution is 2.40. The Morgan fingerprint density at radius 3 is 2.61 bits per heavy atom. The predicted molar refractivity (Wildman–Crippen MR) is 94.0 cm³/mol. The van der Waals surface area contributed by atoms with Crippen LogP contribution in [0.3, 0.4) is 0 Å². The molecule has 4 rings (SSSR count). The van der Waals surface area contributed by atoms with Crippen molar-refractivity contribution in [3.05, 3.63) is 39.8 Å². The molecule has 0 radical (unpaired) electrons. The van der Waals surface area contributed by atoms with Gasteiger partial charge in [0.25, 0.3) is 5.91 Å². The van der Waals surface area contributed by atoms with Crippen molar-refractivity contribution in [2.24, 2.45) is 0 Å². The molecular weight excluding hydrogens is 450 g/mol. The van der Waals surface area contributed by atoms with Gasteiger partial charge in [0, 0.05) is 23.8 Å². The third kappa shape index (κ3) is 3.62. The van der Waals surface area contributed by atoms with E-state index in [1.165, 1.54) is 6.20 Å². The average Bonchev–Trinajstić information content (AvgIpc) is 3.05. The van der Waals surface area contributed by atoms with E-state index >= 15 is 0 Å². The van der Waals surface area contributed by atoms with E-state index in [-0.39, 0.29) is 10.0 Å².